The monoisotopic (exact) mass is 164 g/mol. The fourth-order valence-corrected chi connectivity index (χ4v) is 1.61. The molecule has 0 heterocycles. The van der Waals surface area contributed by atoms with Crippen molar-refractivity contribution in [1.82, 2.24) is 0 Å². The Balaban J connectivity index is 2.84. The van der Waals surface area contributed by atoms with E-state index in [1.54, 1.807) is 0 Å². The maximum absolute atomic E-state index is 10.7. The molecule has 1 rings (SSSR count). The van der Waals surface area contributed by atoms with Crippen LogP contribution >= 0.6 is 0 Å². The molecule has 1 aliphatic rings. The van der Waals surface area contributed by atoms with Gasteiger partial charge in [0.05, 0.1) is 0 Å². The maximum atomic E-state index is 10.7. The highest BCUT2D eigenvalue weighted by Crippen LogP contribution is 2.26. The summed E-state index contributed by atoms with van der Waals surface area (Å²) in [6.07, 6.45) is 8.50. The van der Waals surface area contributed by atoms with Gasteiger partial charge in [-0.2, -0.15) is 0 Å². The van der Waals surface area contributed by atoms with Crippen LogP contribution in [0.15, 0.2) is 23.3 Å². The number of allylic oxidation sites excluding steroid dienone is 4. The molecular weight excluding hydrogens is 148 g/mol. The van der Waals surface area contributed by atoms with E-state index >= 15 is 0 Å². The molecule has 0 bridgehead atoms. The van der Waals surface area contributed by atoms with Crippen molar-refractivity contribution in [1.29, 1.82) is 0 Å². The Morgan fingerprint density at radius 2 is 2.42 bits per heavy atom. The standard InChI is InChI=1S/C11H16O/c1-3-4-10-6-5-9(2)7-11(10)8-12/h4,7-9H,3,5-6H2,1-2H3/b10-4+/t9-/m0/s1. The molecule has 1 heteroatoms. The number of hydrogen-bond acceptors (Lipinski definition) is 1. The van der Waals surface area contributed by atoms with Gasteiger partial charge in [-0.05, 0) is 30.8 Å². The van der Waals surface area contributed by atoms with Gasteiger partial charge in [0, 0.05) is 5.57 Å². The van der Waals surface area contributed by atoms with Crippen molar-refractivity contribution >= 4 is 6.29 Å². The van der Waals surface area contributed by atoms with Gasteiger partial charge in [-0.25, -0.2) is 0 Å². The third-order valence-corrected chi connectivity index (χ3v) is 2.28. The second-order valence-corrected chi connectivity index (χ2v) is 3.39. The van der Waals surface area contributed by atoms with Crippen molar-refractivity contribution in [2.75, 3.05) is 0 Å². The second kappa shape index (κ2) is 4.24. The van der Waals surface area contributed by atoms with Crippen LogP contribution in [0.1, 0.15) is 33.1 Å². The topological polar surface area (TPSA) is 17.1 Å². The molecule has 0 aliphatic heterocycles. The van der Waals surface area contributed by atoms with E-state index in [2.05, 4.69) is 26.0 Å². The first-order valence-electron chi connectivity index (χ1n) is 4.64. The molecule has 0 N–H and O–H groups in total. The Bertz CT molecular complexity index is 223. The first-order chi connectivity index (χ1) is 5.77. The summed E-state index contributed by atoms with van der Waals surface area (Å²) < 4.78 is 0. The third kappa shape index (κ3) is 2.07. The molecule has 1 aliphatic carbocycles. The number of hydrogen-bond donors (Lipinski definition) is 0. The molecule has 0 fully saturated rings. The molecule has 0 radical (unpaired) electrons. The summed E-state index contributed by atoms with van der Waals surface area (Å²) in [6, 6.07) is 0. The molecule has 12 heavy (non-hydrogen) atoms. The molecule has 0 saturated carbocycles. The highest BCUT2D eigenvalue weighted by molar-refractivity contribution is 5.80. The van der Waals surface area contributed by atoms with E-state index in [0.717, 1.165) is 24.7 Å². The minimum atomic E-state index is 0.569. The summed E-state index contributed by atoms with van der Waals surface area (Å²) >= 11 is 0. The van der Waals surface area contributed by atoms with Crippen LogP contribution in [0.3, 0.4) is 0 Å². The second-order valence-electron chi connectivity index (χ2n) is 3.39. The van der Waals surface area contributed by atoms with Gasteiger partial charge in [0.25, 0.3) is 0 Å². The third-order valence-electron chi connectivity index (χ3n) is 2.28. The van der Waals surface area contributed by atoms with Crippen molar-refractivity contribution in [3.8, 4) is 0 Å². The number of aldehydes is 1. The molecular formula is C11H16O. The molecule has 0 amide bonds. The van der Waals surface area contributed by atoms with E-state index in [1.807, 2.05) is 0 Å². The Labute approximate surface area is 74.2 Å². The molecule has 1 atom stereocenters. The van der Waals surface area contributed by atoms with Gasteiger partial charge in [0.1, 0.15) is 6.29 Å². The average molecular weight is 164 g/mol. The molecule has 0 unspecified atom stereocenters. The molecule has 66 valence electrons. The summed E-state index contributed by atoms with van der Waals surface area (Å²) in [7, 11) is 0. The van der Waals surface area contributed by atoms with Crippen molar-refractivity contribution in [3.63, 3.8) is 0 Å². The zero-order valence-electron chi connectivity index (χ0n) is 7.84. The van der Waals surface area contributed by atoms with E-state index in [-0.39, 0.29) is 0 Å². The fourth-order valence-electron chi connectivity index (χ4n) is 1.61. The number of carbonyl (C=O) groups is 1. The van der Waals surface area contributed by atoms with Crippen LogP contribution in [0, 0.1) is 5.92 Å². The van der Waals surface area contributed by atoms with Crippen LogP contribution in [0.25, 0.3) is 0 Å². The summed E-state index contributed by atoms with van der Waals surface area (Å²) in [4.78, 5) is 10.7. The van der Waals surface area contributed by atoms with Crippen molar-refractivity contribution in [3.05, 3.63) is 23.3 Å². The zero-order chi connectivity index (χ0) is 8.97. The van der Waals surface area contributed by atoms with Crippen LogP contribution in [0.5, 0.6) is 0 Å². The van der Waals surface area contributed by atoms with Crippen LogP contribution in [0.2, 0.25) is 0 Å². The Kier molecular flexibility index (Phi) is 3.27. The SMILES string of the molecule is CC/C=C1\CC[C@H](C)C=C1C=O. The van der Waals surface area contributed by atoms with Gasteiger partial charge in [0.2, 0.25) is 0 Å². The predicted octanol–water partition coefficient (Wildman–Crippen LogP) is 2.88. The normalized spacial score (nSPS) is 27.0. The molecule has 0 aromatic carbocycles. The summed E-state index contributed by atoms with van der Waals surface area (Å²) in [5, 5.41) is 0. The smallest absolute Gasteiger partial charge is 0.150 e. The molecule has 1 nitrogen and oxygen atoms in total. The van der Waals surface area contributed by atoms with E-state index in [0.29, 0.717) is 5.92 Å². The minimum absolute atomic E-state index is 0.569. The summed E-state index contributed by atoms with van der Waals surface area (Å²) in [6.45, 7) is 4.26. The first kappa shape index (κ1) is 9.24. The van der Waals surface area contributed by atoms with Gasteiger partial charge in [-0.1, -0.05) is 26.0 Å². The van der Waals surface area contributed by atoms with Crippen LogP contribution in [0.4, 0.5) is 0 Å². The quantitative estimate of drug-likeness (QED) is 0.573. The van der Waals surface area contributed by atoms with Crippen LogP contribution < -0.4 is 0 Å². The lowest BCUT2D eigenvalue weighted by Gasteiger charge is -2.17. The van der Waals surface area contributed by atoms with E-state index in [1.165, 1.54) is 12.0 Å². The van der Waals surface area contributed by atoms with Crippen molar-refractivity contribution in [2.24, 2.45) is 5.92 Å². The lowest BCUT2D eigenvalue weighted by Crippen LogP contribution is -2.04. The van der Waals surface area contributed by atoms with E-state index in [4.69, 9.17) is 0 Å². The van der Waals surface area contributed by atoms with Gasteiger partial charge >= 0.3 is 0 Å². The number of rotatable bonds is 2. The Morgan fingerprint density at radius 1 is 1.67 bits per heavy atom. The van der Waals surface area contributed by atoms with E-state index in [9.17, 15) is 4.79 Å². The lowest BCUT2D eigenvalue weighted by atomic mass is 9.88. The van der Waals surface area contributed by atoms with Crippen LogP contribution in [-0.4, -0.2) is 6.29 Å². The maximum Gasteiger partial charge on any atom is 0.150 e. The predicted molar refractivity (Wildman–Crippen MR) is 50.9 cm³/mol. The first-order valence-corrected chi connectivity index (χ1v) is 4.64. The summed E-state index contributed by atoms with van der Waals surface area (Å²) in [5.41, 5.74) is 2.15. The zero-order valence-corrected chi connectivity index (χ0v) is 7.84. The Hall–Kier alpha value is -0.850. The van der Waals surface area contributed by atoms with Crippen molar-refractivity contribution < 1.29 is 4.79 Å². The van der Waals surface area contributed by atoms with Gasteiger partial charge in [0.15, 0.2) is 0 Å². The summed E-state index contributed by atoms with van der Waals surface area (Å²) in [5.74, 6) is 0.569. The van der Waals surface area contributed by atoms with Gasteiger partial charge in [-0.15, -0.1) is 0 Å². The largest absolute Gasteiger partial charge is 0.298 e. The lowest BCUT2D eigenvalue weighted by molar-refractivity contribution is -0.104. The Morgan fingerprint density at radius 3 is 3.00 bits per heavy atom. The van der Waals surface area contributed by atoms with Crippen molar-refractivity contribution in [2.45, 2.75) is 33.1 Å². The molecule has 0 aromatic heterocycles. The van der Waals surface area contributed by atoms with Gasteiger partial charge in [-0.3, -0.25) is 4.79 Å². The van der Waals surface area contributed by atoms with Gasteiger partial charge < -0.3 is 0 Å². The van der Waals surface area contributed by atoms with Crippen LogP contribution in [-0.2, 0) is 4.79 Å². The highest BCUT2D eigenvalue weighted by Gasteiger charge is 2.12. The minimum Gasteiger partial charge on any atom is -0.298 e. The average Bonchev–Trinajstić information content (AvgIpc) is 2.08. The highest BCUT2D eigenvalue weighted by atomic mass is 16.1. The molecule has 0 saturated heterocycles. The molecule has 0 spiro atoms. The molecule has 0 aromatic rings. The van der Waals surface area contributed by atoms with E-state index < -0.39 is 0 Å². The fraction of sp³-hybridized carbons (Fsp3) is 0.545. The number of carbonyl (C=O) groups excluding carboxylic acids is 1.